The van der Waals surface area contributed by atoms with Crippen LogP contribution in [0, 0.1) is 0 Å². The minimum absolute atomic E-state index is 0.179. The molecule has 1 heterocycles. The van der Waals surface area contributed by atoms with Crippen molar-refractivity contribution in [3.05, 3.63) is 47.5 Å². The van der Waals surface area contributed by atoms with E-state index < -0.39 is 0 Å². The lowest BCUT2D eigenvalue weighted by Gasteiger charge is -2.18. The van der Waals surface area contributed by atoms with Gasteiger partial charge in [0.25, 0.3) is 5.91 Å². The van der Waals surface area contributed by atoms with Crippen LogP contribution in [0.5, 0.6) is 23.0 Å². The quantitative estimate of drug-likeness (QED) is 0.912. The number of benzene rings is 2. The van der Waals surface area contributed by atoms with Crippen molar-refractivity contribution in [2.75, 3.05) is 27.4 Å². The zero-order valence-electron chi connectivity index (χ0n) is 13.6. The van der Waals surface area contributed by atoms with Gasteiger partial charge in [-0.3, -0.25) is 4.79 Å². The number of hydrogen-bond donors (Lipinski definition) is 1. The van der Waals surface area contributed by atoms with Crippen molar-refractivity contribution in [3.8, 4) is 23.0 Å². The lowest BCUT2D eigenvalue weighted by atomic mass is 10.1. The Balaban J connectivity index is 1.67. The van der Waals surface area contributed by atoms with E-state index in [2.05, 4.69) is 5.32 Å². The summed E-state index contributed by atoms with van der Waals surface area (Å²) < 4.78 is 21.4. The largest absolute Gasteiger partial charge is 0.493 e. The first-order valence-electron chi connectivity index (χ1n) is 7.60. The highest BCUT2D eigenvalue weighted by molar-refractivity contribution is 5.94. The van der Waals surface area contributed by atoms with E-state index in [0.29, 0.717) is 48.3 Å². The van der Waals surface area contributed by atoms with Crippen LogP contribution in [0.15, 0.2) is 36.4 Å². The molecule has 126 valence electrons. The first-order valence-corrected chi connectivity index (χ1v) is 7.60. The Morgan fingerprint density at radius 2 is 1.75 bits per heavy atom. The molecule has 0 aliphatic carbocycles. The lowest BCUT2D eigenvalue weighted by Crippen LogP contribution is -2.23. The van der Waals surface area contributed by atoms with Crippen molar-refractivity contribution < 1.29 is 23.7 Å². The maximum atomic E-state index is 12.3. The Labute approximate surface area is 140 Å². The molecule has 0 fully saturated rings. The van der Waals surface area contributed by atoms with Gasteiger partial charge in [-0.25, -0.2) is 0 Å². The molecule has 6 heteroatoms. The molecular weight excluding hydrogens is 310 g/mol. The summed E-state index contributed by atoms with van der Waals surface area (Å²) in [6.45, 7) is 1.40. The zero-order chi connectivity index (χ0) is 16.9. The summed E-state index contributed by atoms with van der Waals surface area (Å²) in [6, 6.07) is 10.7. The molecule has 0 aromatic heterocycles. The van der Waals surface area contributed by atoms with Crippen LogP contribution in [0.25, 0.3) is 0 Å². The predicted molar refractivity (Wildman–Crippen MR) is 88.1 cm³/mol. The van der Waals surface area contributed by atoms with Gasteiger partial charge in [0, 0.05) is 12.1 Å². The third-order valence-electron chi connectivity index (χ3n) is 3.71. The molecule has 1 aliphatic rings. The SMILES string of the molecule is COc1ccc(CNC(=O)c2ccc3c(c2)OCCO3)cc1OC. The number of nitrogens with one attached hydrogen (secondary N) is 1. The second-order valence-corrected chi connectivity index (χ2v) is 5.23. The predicted octanol–water partition coefficient (Wildman–Crippen LogP) is 2.41. The maximum Gasteiger partial charge on any atom is 0.251 e. The lowest BCUT2D eigenvalue weighted by molar-refractivity contribution is 0.0949. The van der Waals surface area contributed by atoms with E-state index in [1.807, 2.05) is 18.2 Å². The van der Waals surface area contributed by atoms with Crippen molar-refractivity contribution in [2.24, 2.45) is 0 Å². The van der Waals surface area contributed by atoms with E-state index in [4.69, 9.17) is 18.9 Å². The summed E-state index contributed by atoms with van der Waals surface area (Å²) in [7, 11) is 3.16. The van der Waals surface area contributed by atoms with Crippen molar-refractivity contribution in [1.29, 1.82) is 0 Å². The zero-order valence-corrected chi connectivity index (χ0v) is 13.6. The number of carbonyl (C=O) groups is 1. The van der Waals surface area contributed by atoms with Gasteiger partial charge in [0.15, 0.2) is 23.0 Å². The van der Waals surface area contributed by atoms with Crippen LogP contribution in [0.4, 0.5) is 0 Å². The van der Waals surface area contributed by atoms with Gasteiger partial charge in [-0.2, -0.15) is 0 Å². The highest BCUT2D eigenvalue weighted by Crippen LogP contribution is 2.31. The number of ether oxygens (including phenoxy) is 4. The second kappa shape index (κ2) is 7.12. The van der Waals surface area contributed by atoms with Gasteiger partial charge in [-0.1, -0.05) is 6.07 Å². The van der Waals surface area contributed by atoms with Crippen LogP contribution in [-0.4, -0.2) is 33.3 Å². The van der Waals surface area contributed by atoms with Gasteiger partial charge >= 0.3 is 0 Å². The number of carbonyl (C=O) groups excluding carboxylic acids is 1. The molecule has 3 rings (SSSR count). The monoisotopic (exact) mass is 329 g/mol. The number of rotatable bonds is 5. The van der Waals surface area contributed by atoms with Gasteiger partial charge < -0.3 is 24.3 Å². The summed E-state index contributed by atoms with van der Waals surface area (Å²) in [5.74, 6) is 2.36. The summed E-state index contributed by atoms with van der Waals surface area (Å²) >= 11 is 0. The standard InChI is InChI=1S/C18H19NO5/c1-21-14-5-3-12(9-16(14)22-2)11-19-18(20)13-4-6-15-17(10-13)24-8-7-23-15/h3-6,9-10H,7-8,11H2,1-2H3,(H,19,20). The highest BCUT2D eigenvalue weighted by atomic mass is 16.6. The van der Waals surface area contributed by atoms with E-state index in [1.165, 1.54) is 0 Å². The third kappa shape index (κ3) is 3.37. The average molecular weight is 329 g/mol. The number of amides is 1. The first kappa shape index (κ1) is 16.0. The van der Waals surface area contributed by atoms with Crippen molar-refractivity contribution in [2.45, 2.75) is 6.54 Å². The van der Waals surface area contributed by atoms with E-state index in [0.717, 1.165) is 5.56 Å². The van der Waals surface area contributed by atoms with E-state index >= 15 is 0 Å². The summed E-state index contributed by atoms with van der Waals surface area (Å²) in [5.41, 5.74) is 1.44. The molecule has 0 atom stereocenters. The molecule has 2 aromatic carbocycles. The van der Waals surface area contributed by atoms with Crippen LogP contribution in [0.1, 0.15) is 15.9 Å². The minimum atomic E-state index is -0.179. The highest BCUT2D eigenvalue weighted by Gasteiger charge is 2.15. The van der Waals surface area contributed by atoms with Crippen molar-refractivity contribution >= 4 is 5.91 Å². The summed E-state index contributed by atoms with van der Waals surface area (Å²) in [4.78, 5) is 12.3. The van der Waals surface area contributed by atoms with E-state index in [1.54, 1.807) is 32.4 Å². The Bertz CT molecular complexity index is 744. The number of hydrogen-bond acceptors (Lipinski definition) is 5. The topological polar surface area (TPSA) is 66.0 Å². The average Bonchev–Trinajstić information content (AvgIpc) is 2.65. The van der Waals surface area contributed by atoms with Crippen molar-refractivity contribution in [3.63, 3.8) is 0 Å². The normalized spacial score (nSPS) is 12.4. The fourth-order valence-corrected chi connectivity index (χ4v) is 2.46. The smallest absolute Gasteiger partial charge is 0.251 e. The van der Waals surface area contributed by atoms with Crippen LogP contribution < -0.4 is 24.3 Å². The molecule has 0 unspecified atom stereocenters. The van der Waals surface area contributed by atoms with Crippen LogP contribution >= 0.6 is 0 Å². The summed E-state index contributed by atoms with van der Waals surface area (Å²) in [5, 5.41) is 2.88. The Kier molecular flexibility index (Phi) is 4.74. The van der Waals surface area contributed by atoms with Gasteiger partial charge in [-0.15, -0.1) is 0 Å². The Morgan fingerprint density at radius 1 is 1.00 bits per heavy atom. The molecule has 0 saturated carbocycles. The van der Waals surface area contributed by atoms with Gasteiger partial charge in [0.05, 0.1) is 14.2 Å². The van der Waals surface area contributed by atoms with Crippen LogP contribution in [0.2, 0.25) is 0 Å². The van der Waals surface area contributed by atoms with E-state index in [-0.39, 0.29) is 5.91 Å². The maximum absolute atomic E-state index is 12.3. The van der Waals surface area contributed by atoms with Crippen LogP contribution in [0.3, 0.4) is 0 Å². The minimum Gasteiger partial charge on any atom is -0.493 e. The van der Waals surface area contributed by atoms with Gasteiger partial charge in [-0.05, 0) is 35.9 Å². The molecule has 0 saturated heterocycles. The fourth-order valence-electron chi connectivity index (χ4n) is 2.46. The van der Waals surface area contributed by atoms with Crippen molar-refractivity contribution in [1.82, 2.24) is 5.32 Å². The molecular formula is C18H19NO5. The van der Waals surface area contributed by atoms with Gasteiger partial charge in [0.1, 0.15) is 13.2 Å². The van der Waals surface area contributed by atoms with E-state index in [9.17, 15) is 4.79 Å². The molecule has 24 heavy (non-hydrogen) atoms. The van der Waals surface area contributed by atoms with Gasteiger partial charge in [0.2, 0.25) is 0 Å². The van der Waals surface area contributed by atoms with Crippen LogP contribution in [-0.2, 0) is 6.54 Å². The Morgan fingerprint density at radius 3 is 2.50 bits per heavy atom. The molecule has 0 spiro atoms. The molecule has 1 amide bonds. The molecule has 6 nitrogen and oxygen atoms in total. The summed E-state index contributed by atoms with van der Waals surface area (Å²) in [6.07, 6.45) is 0. The fraction of sp³-hybridized carbons (Fsp3) is 0.278. The first-order chi connectivity index (χ1) is 11.7. The molecule has 0 bridgehead atoms. The number of methoxy groups -OCH3 is 2. The molecule has 1 N–H and O–H groups in total. The third-order valence-corrected chi connectivity index (χ3v) is 3.71. The molecule has 1 aliphatic heterocycles. The molecule has 2 aromatic rings. The molecule has 0 radical (unpaired) electrons. The second-order valence-electron chi connectivity index (χ2n) is 5.23. The Hall–Kier alpha value is -2.89. The number of fused-ring (bicyclic) bond motifs is 1.